The largest absolute Gasteiger partial charge is 0.321 e. The second kappa shape index (κ2) is 6.03. The fourth-order valence-electron chi connectivity index (χ4n) is 2.09. The molecule has 1 atom stereocenters. The topological polar surface area (TPSA) is 75.5 Å². The molecule has 1 aromatic rings. The minimum atomic E-state index is -0.424. The van der Waals surface area contributed by atoms with Crippen LogP contribution in [-0.4, -0.2) is 40.8 Å². The molecule has 2 rings (SSSR count). The number of amides is 1. The molecule has 1 aromatic carbocycles. The highest BCUT2D eigenvalue weighted by molar-refractivity contribution is 7.98. The Morgan fingerprint density at radius 1 is 1.58 bits per heavy atom. The summed E-state index contributed by atoms with van der Waals surface area (Å²) >= 11 is 1.67. The molecule has 0 saturated carbocycles. The predicted octanol–water partition coefficient (Wildman–Crippen LogP) is 1.39. The minimum Gasteiger partial charge on any atom is -0.321 e. The van der Waals surface area contributed by atoms with E-state index in [1.165, 1.54) is 12.1 Å². The summed E-state index contributed by atoms with van der Waals surface area (Å²) in [5.74, 6) is 0.879. The van der Waals surface area contributed by atoms with Gasteiger partial charge in [0, 0.05) is 24.4 Å². The fourth-order valence-corrected chi connectivity index (χ4v) is 2.47. The van der Waals surface area contributed by atoms with Gasteiger partial charge in [0.2, 0.25) is 5.91 Å². The molecule has 7 heteroatoms. The summed E-state index contributed by atoms with van der Waals surface area (Å²) in [6.45, 7) is 0.919. The zero-order valence-electron chi connectivity index (χ0n) is 10.5. The van der Waals surface area contributed by atoms with Crippen molar-refractivity contribution >= 4 is 23.4 Å². The molecule has 0 bridgehead atoms. The molecule has 0 aromatic heterocycles. The number of carbonyl (C=O) groups is 1. The number of nitro benzene ring substituents is 1. The van der Waals surface area contributed by atoms with Crippen LogP contribution in [0.3, 0.4) is 0 Å². The smallest absolute Gasteiger partial charge is 0.269 e. The van der Waals surface area contributed by atoms with E-state index in [9.17, 15) is 14.9 Å². The summed E-state index contributed by atoms with van der Waals surface area (Å²) in [6, 6.07) is 6.41. The first-order valence-electron chi connectivity index (χ1n) is 5.89. The molecular weight excluding hydrogens is 266 g/mol. The van der Waals surface area contributed by atoms with Crippen molar-refractivity contribution in [3.63, 3.8) is 0 Å². The van der Waals surface area contributed by atoms with Crippen molar-refractivity contribution in [1.82, 2.24) is 10.2 Å². The second-order valence-electron chi connectivity index (χ2n) is 4.22. The normalized spacial score (nSPS) is 18.9. The Balaban J connectivity index is 2.22. The summed E-state index contributed by atoms with van der Waals surface area (Å²) in [6.07, 6.45) is 1.72. The first kappa shape index (κ1) is 13.8. The average molecular weight is 281 g/mol. The molecular formula is C12H15N3O3S. The Labute approximate surface area is 115 Å². The van der Waals surface area contributed by atoms with E-state index in [0.717, 1.165) is 11.3 Å². The van der Waals surface area contributed by atoms with Gasteiger partial charge in [-0.25, -0.2) is 0 Å². The molecule has 0 radical (unpaired) electrons. The maximum absolute atomic E-state index is 11.8. The number of non-ortho nitro benzene ring substituents is 1. The third-order valence-electron chi connectivity index (χ3n) is 3.01. The highest BCUT2D eigenvalue weighted by Gasteiger charge is 2.31. The molecule has 0 aliphatic carbocycles. The van der Waals surface area contributed by atoms with E-state index >= 15 is 0 Å². The van der Waals surface area contributed by atoms with Crippen LogP contribution in [0.1, 0.15) is 11.7 Å². The lowest BCUT2D eigenvalue weighted by atomic mass is 10.1. The molecule has 1 fully saturated rings. The number of hydrogen-bond acceptors (Lipinski definition) is 5. The van der Waals surface area contributed by atoms with E-state index < -0.39 is 4.92 Å². The zero-order chi connectivity index (χ0) is 13.8. The maximum atomic E-state index is 11.8. The van der Waals surface area contributed by atoms with Crippen molar-refractivity contribution in [3.8, 4) is 0 Å². The SMILES string of the molecule is CSCCN1C(=O)CNC1c1cccc([N+](=O)[O-])c1. The first-order valence-corrected chi connectivity index (χ1v) is 7.29. The van der Waals surface area contributed by atoms with Crippen LogP contribution >= 0.6 is 11.8 Å². The van der Waals surface area contributed by atoms with Gasteiger partial charge >= 0.3 is 0 Å². The number of rotatable bonds is 5. The van der Waals surface area contributed by atoms with Gasteiger partial charge in [0.15, 0.2) is 0 Å². The van der Waals surface area contributed by atoms with Crippen LogP contribution in [0.25, 0.3) is 0 Å². The molecule has 1 unspecified atom stereocenters. The minimum absolute atomic E-state index is 0.0329. The van der Waals surface area contributed by atoms with Gasteiger partial charge in [-0.05, 0) is 11.8 Å². The number of benzene rings is 1. The van der Waals surface area contributed by atoms with Crippen molar-refractivity contribution in [2.24, 2.45) is 0 Å². The van der Waals surface area contributed by atoms with Crippen molar-refractivity contribution in [3.05, 3.63) is 39.9 Å². The van der Waals surface area contributed by atoms with Gasteiger partial charge in [0.05, 0.1) is 11.5 Å². The summed E-state index contributed by atoms with van der Waals surface area (Å²) in [5, 5.41) is 13.9. The zero-order valence-corrected chi connectivity index (χ0v) is 11.4. The molecule has 1 aliphatic heterocycles. The van der Waals surface area contributed by atoms with E-state index in [2.05, 4.69) is 5.32 Å². The van der Waals surface area contributed by atoms with Gasteiger partial charge in [-0.1, -0.05) is 12.1 Å². The number of hydrogen-bond donors (Lipinski definition) is 1. The van der Waals surface area contributed by atoms with Crippen molar-refractivity contribution in [1.29, 1.82) is 0 Å². The lowest BCUT2D eigenvalue weighted by molar-refractivity contribution is -0.385. The lowest BCUT2D eigenvalue weighted by Gasteiger charge is -2.24. The second-order valence-corrected chi connectivity index (χ2v) is 5.20. The molecule has 19 heavy (non-hydrogen) atoms. The van der Waals surface area contributed by atoms with E-state index in [1.54, 1.807) is 28.8 Å². The van der Waals surface area contributed by atoms with Gasteiger partial charge in [-0.3, -0.25) is 20.2 Å². The van der Waals surface area contributed by atoms with Crippen LogP contribution in [0.4, 0.5) is 5.69 Å². The quantitative estimate of drug-likeness (QED) is 0.652. The maximum Gasteiger partial charge on any atom is 0.269 e. The lowest BCUT2D eigenvalue weighted by Crippen LogP contribution is -2.32. The van der Waals surface area contributed by atoms with Gasteiger partial charge in [0.1, 0.15) is 6.17 Å². The fraction of sp³-hybridized carbons (Fsp3) is 0.417. The van der Waals surface area contributed by atoms with Crippen molar-refractivity contribution < 1.29 is 9.72 Å². The van der Waals surface area contributed by atoms with Crippen molar-refractivity contribution in [2.75, 3.05) is 25.1 Å². The van der Waals surface area contributed by atoms with Gasteiger partial charge in [-0.2, -0.15) is 11.8 Å². The predicted molar refractivity (Wildman–Crippen MR) is 73.9 cm³/mol. The number of thioether (sulfide) groups is 1. The van der Waals surface area contributed by atoms with E-state index in [0.29, 0.717) is 6.54 Å². The Hall–Kier alpha value is -1.60. The first-order chi connectivity index (χ1) is 9.13. The van der Waals surface area contributed by atoms with Gasteiger partial charge < -0.3 is 4.90 Å². The number of nitro groups is 1. The average Bonchev–Trinajstić information content (AvgIpc) is 2.78. The van der Waals surface area contributed by atoms with Crippen LogP contribution in [0.5, 0.6) is 0 Å². The standard InChI is InChI=1S/C12H15N3O3S/c1-19-6-5-14-11(16)8-13-12(14)9-3-2-4-10(7-9)15(17)18/h2-4,7,12-13H,5-6,8H2,1H3. The van der Waals surface area contributed by atoms with Gasteiger partial charge in [-0.15, -0.1) is 0 Å². The van der Waals surface area contributed by atoms with Gasteiger partial charge in [0.25, 0.3) is 5.69 Å². The third kappa shape index (κ3) is 3.05. The molecule has 1 aliphatic rings. The van der Waals surface area contributed by atoms with Crippen LogP contribution in [0.2, 0.25) is 0 Å². The molecule has 0 spiro atoms. The number of nitrogens with one attached hydrogen (secondary N) is 1. The highest BCUT2D eigenvalue weighted by Crippen LogP contribution is 2.25. The summed E-state index contributed by atoms with van der Waals surface area (Å²) < 4.78 is 0. The van der Waals surface area contributed by atoms with E-state index in [-0.39, 0.29) is 24.3 Å². The van der Waals surface area contributed by atoms with E-state index in [4.69, 9.17) is 0 Å². The molecule has 1 heterocycles. The summed E-state index contributed by atoms with van der Waals surface area (Å²) in [7, 11) is 0. The van der Waals surface area contributed by atoms with Crippen LogP contribution in [0.15, 0.2) is 24.3 Å². The van der Waals surface area contributed by atoms with E-state index in [1.807, 2.05) is 6.26 Å². The highest BCUT2D eigenvalue weighted by atomic mass is 32.2. The Bertz CT molecular complexity index is 495. The third-order valence-corrected chi connectivity index (χ3v) is 3.60. The number of nitrogens with zero attached hydrogens (tertiary/aromatic N) is 2. The van der Waals surface area contributed by atoms with Crippen LogP contribution in [0, 0.1) is 10.1 Å². The summed E-state index contributed by atoms with van der Waals surface area (Å²) in [5.41, 5.74) is 0.796. The molecule has 1 saturated heterocycles. The molecule has 6 nitrogen and oxygen atoms in total. The Kier molecular flexibility index (Phi) is 4.39. The van der Waals surface area contributed by atoms with Crippen LogP contribution in [-0.2, 0) is 4.79 Å². The van der Waals surface area contributed by atoms with Crippen LogP contribution < -0.4 is 5.32 Å². The summed E-state index contributed by atoms with van der Waals surface area (Å²) in [4.78, 5) is 23.9. The monoisotopic (exact) mass is 281 g/mol. The molecule has 1 amide bonds. The number of carbonyl (C=O) groups excluding carboxylic acids is 1. The Morgan fingerprint density at radius 2 is 2.37 bits per heavy atom. The molecule has 1 N–H and O–H groups in total. The Morgan fingerprint density at radius 3 is 3.05 bits per heavy atom. The molecule has 102 valence electrons. The van der Waals surface area contributed by atoms with Crippen molar-refractivity contribution in [2.45, 2.75) is 6.17 Å².